The summed E-state index contributed by atoms with van der Waals surface area (Å²) in [5.74, 6) is 0.240. The molecule has 1 N–H and O–H groups in total. The molecule has 3 aromatic carbocycles. The molecule has 0 atom stereocenters. The summed E-state index contributed by atoms with van der Waals surface area (Å²) in [6, 6.07) is 18.3. The summed E-state index contributed by atoms with van der Waals surface area (Å²) in [7, 11) is 0. The van der Waals surface area contributed by atoms with Gasteiger partial charge in [0, 0.05) is 12.0 Å². The van der Waals surface area contributed by atoms with E-state index in [1.54, 1.807) is 48.5 Å². The van der Waals surface area contributed by atoms with Crippen LogP contribution in [0.3, 0.4) is 0 Å². The SMILES string of the molecule is O=c1c2ccccc2nc(Cc2ccccc2)n1-c1ccc(C(O)(C(F)(F)F)C(F)(F)F)cc1. The van der Waals surface area contributed by atoms with E-state index in [0.29, 0.717) is 17.6 Å². The molecule has 0 unspecified atom stereocenters. The second-order valence-electron chi connectivity index (χ2n) is 7.60. The Bertz CT molecular complexity index is 1360. The molecular formula is C24H16F6N2O2. The Kier molecular flexibility index (Phi) is 5.72. The quantitative estimate of drug-likeness (QED) is 0.406. The van der Waals surface area contributed by atoms with Crippen LogP contribution < -0.4 is 5.56 Å². The number of fused-ring (bicyclic) bond motifs is 1. The minimum Gasteiger partial charge on any atom is -0.369 e. The van der Waals surface area contributed by atoms with Gasteiger partial charge >= 0.3 is 12.4 Å². The predicted octanol–water partition coefficient (Wildman–Crippen LogP) is 5.29. The third kappa shape index (κ3) is 3.94. The molecular weight excluding hydrogens is 462 g/mol. The van der Waals surface area contributed by atoms with Gasteiger partial charge in [0.15, 0.2) is 0 Å². The lowest BCUT2D eigenvalue weighted by atomic mass is 9.92. The highest BCUT2D eigenvalue weighted by Crippen LogP contribution is 2.50. The van der Waals surface area contributed by atoms with E-state index < -0.39 is 29.1 Å². The molecule has 0 saturated carbocycles. The predicted molar refractivity (Wildman–Crippen MR) is 113 cm³/mol. The number of hydrogen-bond acceptors (Lipinski definition) is 3. The van der Waals surface area contributed by atoms with Gasteiger partial charge in [-0.2, -0.15) is 26.3 Å². The van der Waals surface area contributed by atoms with Crippen LogP contribution >= 0.6 is 0 Å². The molecule has 4 rings (SSSR count). The van der Waals surface area contributed by atoms with E-state index in [2.05, 4.69) is 4.98 Å². The molecule has 0 aliphatic rings. The van der Waals surface area contributed by atoms with Crippen LogP contribution in [0.2, 0.25) is 0 Å². The Hall–Kier alpha value is -3.66. The van der Waals surface area contributed by atoms with Crippen molar-refractivity contribution < 1.29 is 31.4 Å². The number of alkyl halides is 6. The van der Waals surface area contributed by atoms with Crippen LogP contribution in [0.4, 0.5) is 26.3 Å². The molecule has 1 heterocycles. The smallest absolute Gasteiger partial charge is 0.369 e. The summed E-state index contributed by atoms with van der Waals surface area (Å²) in [4.78, 5) is 17.8. The number of hydrogen-bond donors (Lipinski definition) is 1. The first kappa shape index (κ1) is 23.5. The number of aromatic nitrogens is 2. The van der Waals surface area contributed by atoms with Crippen molar-refractivity contribution in [3.8, 4) is 5.69 Å². The highest BCUT2D eigenvalue weighted by molar-refractivity contribution is 5.77. The summed E-state index contributed by atoms with van der Waals surface area (Å²) < 4.78 is 80.5. The van der Waals surface area contributed by atoms with Crippen molar-refractivity contribution >= 4 is 10.9 Å². The zero-order valence-corrected chi connectivity index (χ0v) is 17.2. The maximum Gasteiger partial charge on any atom is 0.430 e. The zero-order chi connectivity index (χ0) is 24.7. The molecule has 1 aromatic heterocycles. The van der Waals surface area contributed by atoms with Crippen molar-refractivity contribution in [2.24, 2.45) is 0 Å². The Labute approximate surface area is 188 Å². The average Bonchev–Trinajstić information content (AvgIpc) is 2.78. The van der Waals surface area contributed by atoms with E-state index in [4.69, 9.17) is 0 Å². The molecule has 0 radical (unpaired) electrons. The normalized spacial score (nSPS) is 12.8. The summed E-state index contributed by atoms with van der Waals surface area (Å²) in [5, 5.41) is 9.86. The second kappa shape index (κ2) is 8.28. The average molecular weight is 478 g/mol. The van der Waals surface area contributed by atoms with Gasteiger partial charge < -0.3 is 5.11 Å². The van der Waals surface area contributed by atoms with Crippen LogP contribution in [-0.4, -0.2) is 27.0 Å². The first-order chi connectivity index (χ1) is 15.9. The van der Waals surface area contributed by atoms with Gasteiger partial charge in [-0.15, -0.1) is 0 Å². The molecule has 0 fully saturated rings. The van der Waals surface area contributed by atoms with Crippen LogP contribution in [-0.2, 0) is 12.0 Å². The van der Waals surface area contributed by atoms with Crippen molar-refractivity contribution in [2.75, 3.05) is 0 Å². The number of nitrogens with zero attached hydrogens (tertiary/aromatic N) is 2. The standard InChI is InChI=1S/C24H16F6N2O2/c25-23(26,27)22(34,24(28,29)30)16-10-12-17(13-11-16)32-20(14-15-6-2-1-3-7-15)31-19-9-5-4-8-18(19)21(32)33/h1-13,34H,14H2. The van der Waals surface area contributed by atoms with Gasteiger partial charge in [0.2, 0.25) is 0 Å². The van der Waals surface area contributed by atoms with E-state index in [-0.39, 0.29) is 23.3 Å². The highest BCUT2D eigenvalue weighted by atomic mass is 19.4. The molecule has 0 spiro atoms. The van der Waals surface area contributed by atoms with E-state index in [9.17, 15) is 36.2 Å². The molecule has 176 valence electrons. The molecule has 0 aliphatic carbocycles. The Morgan fingerprint density at radius 3 is 1.91 bits per heavy atom. The second-order valence-corrected chi connectivity index (χ2v) is 7.60. The van der Waals surface area contributed by atoms with Crippen molar-refractivity contribution in [1.29, 1.82) is 0 Å². The molecule has 4 nitrogen and oxygen atoms in total. The van der Waals surface area contributed by atoms with Crippen molar-refractivity contribution in [3.63, 3.8) is 0 Å². The van der Waals surface area contributed by atoms with Crippen molar-refractivity contribution in [3.05, 3.63) is 106 Å². The molecule has 0 saturated heterocycles. The van der Waals surface area contributed by atoms with Gasteiger partial charge in [-0.1, -0.05) is 54.6 Å². The fourth-order valence-corrected chi connectivity index (χ4v) is 3.68. The largest absolute Gasteiger partial charge is 0.430 e. The zero-order valence-electron chi connectivity index (χ0n) is 17.2. The third-order valence-corrected chi connectivity index (χ3v) is 5.41. The Balaban J connectivity index is 1.89. The summed E-state index contributed by atoms with van der Waals surface area (Å²) in [5.41, 5.74) is -5.82. The number of aliphatic hydroxyl groups is 1. The first-order valence-corrected chi connectivity index (χ1v) is 9.95. The molecule has 0 amide bonds. The van der Waals surface area contributed by atoms with Crippen LogP contribution in [0.15, 0.2) is 83.7 Å². The van der Waals surface area contributed by atoms with E-state index in [0.717, 1.165) is 22.3 Å². The lowest BCUT2D eigenvalue weighted by Crippen LogP contribution is -2.53. The van der Waals surface area contributed by atoms with Crippen LogP contribution in [0.1, 0.15) is 17.0 Å². The fraction of sp³-hybridized carbons (Fsp3) is 0.167. The maximum atomic E-state index is 13.3. The van der Waals surface area contributed by atoms with Gasteiger partial charge in [0.05, 0.1) is 16.6 Å². The first-order valence-electron chi connectivity index (χ1n) is 9.95. The number of halogens is 6. The number of rotatable bonds is 4. The summed E-state index contributed by atoms with van der Waals surface area (Å²) in [6.45, 7) is 0. The van der Waals surface area contributed by atoms with Crippen LogP contribution in [0.5, 0.6) is 0 Å². The molecule has 4 aromatic rings. The monoisotopic (exact) mass is 478 g/mol. The van der Waals surface area contributed by atoms with Crippen LogP contribution in [0, 0.1) is 0 Å². The lowest BCUT2D eigenvalue weighted by molar-refractivity contribution is -0.376. The molecule has 34 heavy (non-hydrogen) atoms. The summed E-state index contributed by atoms with van der Waals surface area (Å²) >= 11 is 0. The van der Waals surface area contributed by atoms with Gasteiger partial charge in [-0.3, -0.25) is 9.36 Å². The molecule has 0 bridgehead atoms. The van der Waals surface area contributed by atoms with Gasteiger partial charge in [-0.25, -0.2) is 4.98 Å². The van der Waals surface area contributed by atoms with Gasteiger partial charge in [0.1, 0.15) is 5.82 Å². The van der Waals surface area contributed by atoms with Crippen molar-refractivity contribution in [1.82, 2.24) is 9.55 Å². The third-order valence-electron chi connectivity index (χ3n) is 5.41. The number of para-hydroxylation sites is 1. The van der Waals surface area contributed by atoms with Crippen molar-refractivity contribution in [2.45, 2.75) is 24.4 Å². The van der Waals surface area contributed by atoms with E-state index in [1.807, 2.05) is 0 Å². The Morgan fingerprint density at radius 2 is 1.32 bits per heavy atom. The minimum absolute atomic E-state index is 0.00429. The van der Waals surface area contributed by atoms with Gasteiger partial charge in [-0.05, 0) is 29.8 Å². The maximum absolute atomic E-state index is 13.3. The Morgan fingerprint density at radius 1 is 0.765 bits per heavy atom. The number of benzene rings is 3. The summed E-state index contributed by atoms with van der Waals surface area (Å²) in [6.07, 6.45) is -11.8. The molecule has 10 heteroatoms. The molecule has 0 aliphatic heterocycles. The topological polar surface area (TPSA) is 55.1 Å². The van der Waals surface area contributed by atoms with Gasteiger partial charge in [0.25, 0.3) is 11.2 Å². The fourth-order valence-electron chi connectivity index (χ4n) is 3.68. The van der Waals surface area contributed by atoms with Crippen LogP contribution in [0.25, 0.3) is 16.6 Å². The van der Waals surface area contributed by atoms with E-state index in [1.165, 1.54) is 6.07 Å². The minimum atomic E-state index is -6.01. The van der Waals surface area contributed by atoms with E-state index >= 15 is 0 Å². The lowest BCUT2D eigenvalue weighted by Gasteiger charge is -2.32. The highest BCUT2D eigenvalue weighted by Gasteiger charge is 2.71.